The number of anilines is 4. The Kier molecular flexibility index (Phi) is 8.78. The Hall–Kier alpha value is -3.97. The number of aromatic nitrogens is 3. The first-order valence-electron chi connectivity index (χ1n) is 13.9. The van der Waals surface area contributed by atoms with Crippen LogP contribution >= 0.6 is 0 Å². The summed E-state index contributed by atoms with van der Waals surface area (Å²) in [4.78, 5) is 34.5. The summed E-state index contributed by atoms with van der Waals surface area (Å²) in [5.41, 5.74) is 2.93. The van der Waals surface area contributed by atoms with Crippen LogP contribution in [0.2, 0.25) is 0 Å². The molecule has 13 heteroatoms. The van der Waals surface area contributed by atoms with Crippen LogP contribution in [0.15, 0.2) is 42.6 Å². The fourth-order valence-electron chi connectivity index (χ4n) is 5.01. The van der Waals surface area contributed by atoms with Crippen molar-refractivity contribution in [3.05, 3.63) is 48.2 Å². The van der Waals surface area contributed by atoms with Gasteiger partial charge < -0.3 is 29.1 Å². The van der Waals surface area contributed by atoms with E-state index < -0.39 is 12.1 Å². The Bertz CT molecular complexity index is 1410. The van der Waals surface area contributed by atoms with E-state index in [1.807, 2.05) is 25.1 Å². The molecule has 0 atom stereocenters. The van der Waals surface area contributed by atoms with Crippen molar-refractivity contribution in [1.29, 1.82) is 0 Å². The van der Waals surface area contributed by atoms with Gasteiger partial charge in [0, 0.05) is 68.3 Å². The number of likely N-dealkylation sites (N-methyl/N-ethyl adjacent to an activating group) is 2. The minimum absolute atomic E-state index is 0.207. The standard InChI is InChI=1S/C29H34F3N7O3/c1-4-37(13-12-36(2)3)24-19-21(8-10-33-24)39-11-9-23-25(34-28(35-26(23)39)38-14-16-41-17-15-38)20-6-5-7-22(18-20)42-27(40)29(30,31)32/h5-8,10,18-19H,4,9,11-17H2,1-3H3. The zero-order valence-corrected chi connectivity index (χ0v) is 23.9. The number of hydrogen-bond acceptors (Lipinski definition) is 10. The van der Waals surface area contributed by atoms with E-state index in [0.717, 1.165) is 42.5 Å². The molecule has 0 saturated carbocycles. The molecule has 0 spiro atoms. The maximum Gasteiger partial charge on any atom is 0.491 e. The van der Waals surface area contributed by atoms with Gasteiger partial charge in [0.25, 0.3) is 0 Å². The number of rotatable bonds is 9. The number of halogens is 3. The summed E-state index contributed by atoms with van der Waals surface area (Å²) in [6.07, 6.45) is -2.68. The molecule has 4 heterocycles. The van der Waals surface area contributed by atoms with Gasteiger partial charge in [0.05, 0.1) is 18.9 Å². The molecule has 5 rings (SSSR count). The Labute approximate surface area is 242 Å². The fourth-order valence-corrected chi connectivity index (χ4v) is 5.01. The van der Waals surface area contributed by atoms with Gasteiger partial charge in [-0.05, 0) is 45.6 Å². The van der Waals surface area contributed by atoms with Crippen molar-refractivity contribution in [2.75, 3.05) is 81.3 Å². The summed E-state index contributed by atoms with van der Waals surface area (Å²) in [5.74, 6) is -0.374. The van der Waals surface area contributed by atoms with Crippen molar-refractivity contribution in [2.45, 2.75) is 19.5 Å². The molecule has 1 fully saturated rings. The Morgan fingerprint density at radius 1 is 1.07 bits per heavy atom. The van der Waals surface area contributed by atoms with Crippen molar-refractivity contribution in [3.8, 4) is 17.0 Å². The molecule has 42 heavy (non-hydrogen) atoms. The van der Waals surface area contributed by atoms with Crippen LogP contribution in [0, 0.1) is 0 Å². The average Bonchev–Trinajstić information content (AvgIpc) is 3.41. The molecule has 0 aliphatic carbocycles. The SMILES string of the molecule is CCN(CCN(C)C)c1cc(N2CCc3c(-c4cccc(OC(=O)C(F)(F)F)c4)nc(N4CCOCC4)nc32)ccn1. The van der Waals surface area contributed by atoms with Gasteiger partial charge in [-0.15, -0.1) is 0 Å². The van der Waals surface area contributed by atoms with Gasteiger partial charge >= 0.3 is 12.1 Å². The highest BCUT2D eigenvalue weighted by atomic mass is 19.4. The molecule has 2 aliphatic rings. The van der Waals surface area contributed by atoms with Crippen LogP contribution in [-0.4, -0.2) is 98.6 Å². The van der Waals surface area contributed by atoms with Crippen LogP contribution in [-0.2, 0) is 16.0 Å². The first kappa shape index (κ1) is 29.5. The lowest BCUT2D eigenvalue weighted by Crippen LogP contribution is -2.37. The van der Waals surface area contributed by atoms with Crippen molar-refractivity contribution in [3.63, 3.8) is 0 Å². The molecule has 0 radical (unpaired) electrons. The largest absolute Gasteiger partial charge is 0.491 e. The Morgan fingerprint density at radius 3 is 2.57 bits per heavy atom. The molecule has 0 unspecified atom stereocenters. The molecule has 2 aliphatic heterocycles. The fraction of sp³-hybridized carbons (Fsp3) is 0.448. The van der Waals surface area contributed by atoms with Crippen LogP contribution in [0.3, 0.4) is 0 Å². The van der Waals surface area contributed by atoms with Crippen LogP contribution in [0.1, 0.15) is 12.5 Å². The molecular weight excluding hydrogens is 551 g/mol. The molecular formula is C29H34F3N7O3. The molecule has 0 N–H and O–H groups in total. The first-order chi connectivity index (χ1) is 20.1. The van der Waals surface area contributed by atoms with Gasteiger partial charge in [0.2, 0.25) is 5.95 Å². The summed E-state index contributed by atoms with van der Waals surface area (Å²) in [6.45, 7) is 7.57. The number of fused-ring (bicyclic) bond motifs is 1. The highest BCUT2D eigenvalue weighted by Gasteiger charge is 2.41. The predicted molar refractivity (Wildman–Crippen MR) is 154 cm³/mol. The van der Waals surface area contributed by atoms with Crippen LogP contribution in [0.4, 0.5) is 36.4 Å². The van der Waals surface area contributed by atoms with Gasteiger partial charge in [-0.25, -0.2) is 14.8 Å². The maximum absolute atomic E-state index is 12.9. The smallest absolute Gasteiger partial charge is 0.420 e. The van der Waals surface area contributed by atoms with E-state index in [1.54, 1.807) is 18.3 Å². The lowest BCUT2D eigenvalue weighted by Gasteiger charge is -2.29. The second kappa shape index (κ2) is 12.5. The van der Waals surface area contributed by atoms with E-state index in [-0.39, 0.29) is 5.75 Å². The number of hydrogen-bond donors (Lipinski definition) is 0. The van der Waals surface area contributed by atoms with Crippen molar-refractivity contribution in [2.24, 2.45) is 0 Å². The number of carbonyl (C=O) groups excluding carboxylic acids is 1. The van der Waals surface area contributed by atoms with E-state index in [1.165, 1.54) is 12.1 Å². The van der Waals surface area contributed by atoms with Gasteiger partial charge in [-0.2, -0.15) is 18.2 Å². The minimum atomic E-state index is -5.10. The second-order valence-electron chi connectivity index (χ2n) is 10.3. The highest BCUT2D eigenvalue weighted by Crippen LogP contribution is 2.40. The van der Waals surface area contributed by atoms with Gasteiger partial charge in [-0.1, -0.05) is 12.1 Å². The van der Waals surface area contributed by atoms with Gasteiger partial charge in [0.15, 0.2) is 0 Å². The molecule has 0 bridgehead atoms. The quantitative estimate of drug-likeness (QED) is 0.272. The molecule has 1 aromatic carbocycles. The lowest BCUT2D eigenvalue weighted by molar-refractivity contribution is -0.189. The zero-order chi connectivity index (χ0) is 29.9. The van der Waals surface area contributed by atoms with E-state index in [2.05, 4.69) is 37.4 Å². The number of nitrogens with zero attached hydrogens (tertiary/aromatic N) is 7. The van der Waals surface area contributed by atoms with E-state index >= 15 is 0 Å². The topological polar surface area (TPSA) is 87.2 Å². The summed E-state index contributed by atoms with van der Waals surface area (Å²) >= 11 is 0. The maximum atomic E-state index is 12.9. The summed E-state index contributed by atoms with van der Waals surface area (Å²) in [6, 6.07) is 10.0. The summed E-state index contributed by atoms with van der Waals surface area (Å²) < 4.78 is 48.7. The normalized spacial score (nSPS) is 15.2. The van der Waals surface area contributed by atoms with Crippen LogP contribution < -0.4 is 19.4 Å². The second-order valence-corrected chi connectivity index (χ2v) is 10.3. The van der Waals surface area contributed by atoms with Crippen molar-refractivity contribution >= 4 is 29.2 Å². The number of benzene rings is 1. The average molecular weight is 586 g/mol. The molecule has 0 amide bonds. The number of pyridine rings is 1. The third kappa shape index (κ3) is 6.57. The molecule has 3 aromatic rings. The number of alkyl halides is 3. The van der Waals surface area contributed by atoms with Crippen molar-refractivity contribution < 1.29 is 27.4 Å². The van der Waals surface area contributed by atoms with E-state index in [4.69, 9.17) is 14.7 Å². The molecule has 224 valence electrons. The third-order valence-corrected chi connectivity index (χ3v) is 7.22. The van der Waals surface area contributed by atoms with E-state index in [0.29, 0.717) is 56.5 Å². The lowest BCUT2D eigenvalue weighted by atomic mass is 10.1. The van der Waals surface area contributed by atoms with E-state index in [9.17, 15) is 18.0 Å². The minimum Gasteiger partial charge on any atom is -0.420 e. The third-order valence-electron chi connectivity index (χ3n) is 7.22. The first-order valence-corrected chi connectivity index (χ1v) is 13.9. The Balaban J connectivity index is 1.54. The summed E-state index contributed by atoms with van der Waals surface area (Å²) in [5, 5.41) is 0. The molecule has 1 saturated heterocycles. The monoisotopic (exact) mass is 585 g/mol. The van der Waals surface area contributed by atoms with Crippen molar-refractivity contribution in [1.82, 2.24) is 19.9 Å². The Morgan fingerprint density at radius 2 is 1.86 bits per heavy atom. The van der Waals surface area contributed by atoms with Crippen LogP contribution in [0.25, 0.3) is 11.3 Å². The highest BCUT2D eigenvalue weighted by molar-refractivity contribution is 5.80. The number of ether oxygens (including phenoxy) is 2. The number of carbonyl (C=O) groups is 1. The van der Waals surface area contributed by atoms with Gasteiger partial charge in [0.1, 0.15) is 17.4 Å². The number of esters is 1. The van der Waals surface area contributed by atoms with Gasteiger partial charge in [-0.3, -0.25) is 0 Å². The molecule has 2 aromatic heterocycles. The number of morpholine rings is 1. The zero-order valence-electron chi connectivity index (χ0n) is 23.9. The predicted octanol–water partition coefficient (Wildman–Crippen LogP) is 3.93. The summed E-state index contributed by atoms with van der Waals surface area (Å²) in [7, 11) is 4.08. The molecule has 10 nitrogen and oxygen atoms in total. The van der Waals surface area contributed by atoms with Crippen LogP contribution in [0.5, 0.6) is 5.75 Å².